The molecule has 0 radical (unpaired) electrons. The number of rotatable bonds is 4. The van der Waals surface area contributed by atoms with Crippen LogP contribution in [0.3, 0.4) is 0 Å². The second kappa shape index (κ2) is 6.37. The molecular weight excluding hydrogens is 356 g/mol. The van der Waals surface area contributed by atoms with Crippen LogP contribution in [0.5, 0.6) is 5.75 Å². The Balaban J connectivity index is 1.53. The molecule has 1 aliphatic rings. The van der Waals surface area contributed by atoms with Crippen molar-refractivity contribution in [1.29, 1.82) is 0 Å². The lowest BCUT2D eigenvalue weighted by atomic mass is 10.1. The highest BCUT2D eigenvalue weighted by Gasteiger charge is 2.19. The SMILES string of the molecule is O=C1COc2ccc(CNC(=O)c3nc(C(=O)O)n4nccc4n3)cc2N1. The number of benzene rings is 1. The highest BCUT2D eigenvalue weighted by Crippen LogP contribution is 2.28. The number of ether oxygens (including phenoxy) is 1. The lowest BCUT2D eigenvalue weighted by Gasteiger charge is -2.18. The zero-order valence-electron chi connectivity index (χ0n) is 13.7. The number of hydrogen-bond acceptors (Lipinski definition) is 7. The number of carbonyl (C=O) groups excluding carboxylic acids is 2. The molecule has 0 bridgehead atoms. The van der Waals surface area contributed by atoms with Gasteiger partial charge in [-0.1, -0.05) is 6.07 Å². The molecular formula is C16H12N6O5. The van der Waals surface area contributed by atoms with Gasteiger partial charge in [0.15, 0.2) is 12.3 Å². The van der Waals surface area contributed by atoms with E-state index in [2.05, 4.69) is 25.7 Å². The molecule has 0 atom stereocenters. The van der Waals surface area contributed by atoms with Crippen molar-refractivity contribution in [3.8, 4) is 5.75 Å². The average molecular weight is 368 g/mol. The summed E-state index contributed by atoms with van der Waals surface area (Å²) in [5.41, 5.74) is 1.42. The number of anilines is 1. The largest absolute Gasteiger partial charge is 0.482 e. The van der Waals surface area contributed by atoms with Gasteiger partial charge in [-0.3, -0.25) is 9.59 Å². The molecule has 136 valence electrons. The number of aromatic nitrogens is 4. The summed E-state index contributed by atoms with van der Waals surface area (Å²) < 4.78 is 6.30. The van der Waals surface area contributed by atoms with E-state index in [0.29, 0.717) is 17.0 Å². The first-order valence-corrected chi connectivity index (χ1v) is 7.80. The van der Waals surface area contributed by atoms with Gasteiger partial charge in [0.25, 0.3) is 11.8 Å². The van der Waals surface area contributed by atoms with Gasteiger partial charge in [0.1, 0.15) is 5.75 Å². The van der Waals surface area contributed by atoms with E-state index in [9.17, 15) is 19.5 Å². The molecule has 3 heterocycles. The van der Waals surface area contributed by atoms with Gasteiger partial charge in [-0.2, -0.15) is 14.6 Å². The number of carboxylic acids is 1. The lowest BCUT2D eigenvalue weighted by molar-refractivity contribution is -0.118. The van der Waals surface area contributed by atoms with Crippen molar-refractivity contribution < 1.29 is 24.2 Å². The zero-order chi connectivity index (χ0) is 19.0. The first-order valence-electron chi connectivity index (χ1n) is 7.80. The van der Waals surface area contributed by atoms with Crippen LogP contribution >= 0.6 is 0 Å². The van der Waals surface area contributed by atoms with Crippen molar-refractivity contribution in [1.82, 2.24) is 24.9 Å². The molecule has 2 amide bonds. The van der Waals surface area contributed by atoms with E-state index in [4.69, 9.17) is 4.74 Å². The van der Waals surface area contributed by atoms with Crippen molar-refractivity contribution in [3.63, 3.8) is 0 Å². The molecule has 0 saturated carbocycles. The Hall–Kier alpha value is -4.02. The molecule has 11 heteroatoms. The number of carbonyl (C=O) groups is 3. The number of hydrogen-bond donors (Lipinski definition) is 3. The van der Waals surface area contributed by atoms with Gasteiger partial charge in [0.2, 0.25) is 11.6 Å². The average Bonchev–Trinajstić information content (AvgIpc) is 3.13. The van der Waals surface area contributed by atoms with E-state index in [1.165, 1.54) is 12.3 Å². The highest BCUT2D eigenvalue weighted by molar-refractivity contribution is 5.95. The minimum absolute atomic E-state index is 0.0383. The Bertz CT molecular complexity index is 1090. The predicted octanol–water partition coefficient (Wildman–Crippen LogP) is 0.0834. The van der Waals surface area contributed by atoms with E-state index in [0.717, 1.165) is 4.52 Å². The van der Waals surface area contributed by atoms with Gasteiger partial charge in [0, 0.05) is 12.6 Å². The van der Waals surface area contributed by atoms with Crippen LogP contribution in [0.15, 0.2) is 30.5 Å². The number of fused-ring (bicyclic) bond motifs is 2. The Morgan fingerprint density at radius 2 is 2.15 bits per heavy atom. The molecule has 1 aromatic carbocycles. The second-order valence-electron chi connectivity index (χ2n) is 5.63. The van der Waals surface area contributed by atoms with Crippen LogP contribution in [0.25, 0.3) is 5.65 Å². The van der Waals surface area contributed by atoms with E-state index >= 15 is 0 Å². The van der Waals surface area contributed by atoms with Crippen molar-refractivity contribution in [2.45, 2.75) is 6.54 Å². The third-order valence-corrected chi connectivity index (χ3v) is 3.78. The number of carboxylic acid groups (broad SMARTS) is 1. The summed E-state index contributed by atoms with van der Waals surface area (Å²) in [6, 6.07) is 6.57. The lowest BCUT2D eigenvalue weighted by Crippen LogP contribution is -2.28. The van der Waals surface area contributed by atoms with E-state index < -0.39 is 17.7 Å². The van der Waals surface area contributed by atoms with Crippen LogP contribution in [0, 0.1) is 0 Å². The van der Waals surface area contributed by atoms with Gasteiger partial charge in [-0.05, 0) is 17.7 Å². The van der Waals surface area contributed by atoms with Crippen molar-refractivity contribution in [3.05, 3.63) is 47.7 Å². The highest BCUT2D eigenvalue weighted by atomic mass is 16.5. The van der Waals surface area contributed by atoms with Gasteiger partial charge in [-0.15, -0.1) is 0 Å². The fourth-order valence-electron chi connectivity index (χ4n) is 2.57. The summed E-state index contributed by atoms with van der Waals surface area (Å²) in [6.07, 6.45) is 1.36. The maximum atomic E-state index is 12.3. The standard InChI is InChI=1S/C16H12N6O5/c23-12-7-27-10-2-1-8(5-9(10)19-12)6-17-15(24)13-20-11-3-4-18-22(11)14(21-13)16(25)26/h1-5H,6-7H2,(H,17,24)(H,19,23)(H,25,26). The quantitative estimate of drug-likeness (QED) is 0.586. The minimum atomic E-state index is -1.33. The summed E-state index contributed by atoms with van der Waals surface area (Å²) in [4.78, 5) is 42.8. The van der Waals surface area contributed by atoms with Gasteiger partial charge < -0.3 is 20.5 Å². The number of amides is 2. The summed E-state index contributed by atoms with van der Waals surface area (Å²) >= 11 is 0. The van der Waals surface area contributed by atoms with Crippen LogP contribution in [0.4, 0.5) is 5.69 Å². The van der Waals surface area contributed by atoms with Crippen LogP contribution in [-0.2, 0) is 11.3 Å². The van der Waals surface area contributed by atoms with Crippen molar-refractivity contribution >= 4 is 29.1 Å². The fourth-order valence-corrected chi connectivity index (χ4v) is 2.57. The maximum Gasteiger partial charge on any atom is 0.374 e. The van der Waals surface area contributed by atoms with E-state index in [1.807, 2.05) is 0 Å². The topological polar surface area (TPSA) is 148 Å². The third-order valence-electron chi connectivity index (χ3n) is 3.78. The monoisotopic (exact) mass is 368 g/mol. The third kappa shape index (κ3) is 3.13. The molecule has 0 aliphatic carbocycles. The Morgan fingerprint density at radius 1 is 1.30 bits per heavy atom. The minimum Gasteiger partial charge on any atom is -0.482 e. The number of aromatic carboxylic acids is 1. The molecule has 11 nitrogen and oxygen atoms in total. The zero-order valence-corrected chi connectivity index (χ0v) is 13.7. The molecule has 0 saturated heterocycles. The first kappa shape index (κ1) is 16.4. The summed E-state index contributed by atoms with van der Waals surface area (Å²) in [6.45, 7) is 0.0849. The summed E-state index contributed by atoms with van der Waals surface area (Å²) in [7, 11) is 0. The summed E-state index contributed by atoms with van der Waals surface area (Å²) in [5.74, 6) is -2.37. The molecule has 0 spiro atoms. The summed E-state index contributed by atoms with van der Waals surface area (Å²) in [5, 5.41) is 18.3. The van der Waals surface area contributed by atoms with Crippen molar-refractivity contribution in [2.24, 2.45) is 0 Å². The van der Waals surface area contributed by atoms with E-state index in [-0.39, 0.29) is 30.5 Å². The van der Waals surface area contributed by atoms with Crippen LogP contribution in [-0.4, -0.2) is 49.1 Å². The smallest absolute Gasteiger partial charge is 0.374 e. The maximum absolute atomic E-state index is 12.3. The first-order chi connectivity index (χ1) is 13.0. The number of nitrogens with one attached hydrogen (secondary N) is 2. The van der Waals surface area contributed by atoms with Crippen LogP contribution < -0.4 is 15.4 Å². The Morgan fingerprint density at radius 3 is 2.96 bits per heavy atom. The van der Waals surface area contributed by atoms with Gasteiger partial charge >= 0.3 is 5.97 Å². The molecule has 4 rings (SSSR count). The van der Waals surface area contributed by atoms with Crippen LogP contribution in [0.2, 0.25) is 0 Å². The van der Waals surface area contributed by atoms with Crippen molar-refractivity contribution in [2.75, 3.05) is 11.9 Å². The normalized spacial score (nSPS) is 12.8. The number of nitrogens with zero attached hydrogens (tertiary/aromatic N) is 4. The molecule has 3 N–H and O–H groups in total. The molecule has 27 heavy (non-hydrogen) atoms. The second-order valence-corrected chi connectivity index (χ2v) is 5.63. The fraction of sp³-hybridized carbons (Fsp3) is 0.125. The van der Waals surface area contributed by atoms with Gasteiger partial charge in [0.05, 0.1) is 11.9 Å². The van der Waals surface area contributed by atoms with Crippen LogP contribution in [0.1, 0.15) is 26.8 Å². The molecule has 0 fully saturated rings. The Kier molecular flexibility index (Phi) is 3.88. The van der Waals surface area contributed by atoms with E-state index in [1.54, 1.807) is 18.2 Å². The molecule has 2 aromatic heterocycles. The molecule has 3 aromatic rings. The predicted molar refractivity (Wildman–Crippen MR) is 89.5 cm³/mol. The molecule has 0 unspecified atom stereocenters. The molecule has 1 aliphatic heterocycles. The Labute approximate surface area is 151 Å². The van der Waals surface area contributed by atoms with Gasteiger partial charge in [-0.25, -0.2) is 9.78 Å².